The maximum absolute atomic E-state index is 11.8. The second kappa shape index (κ2) is 6.75. The third-order valence-electron chi connectivity index (χ3n) is 3.12. The number of carbonyl (C=O) groups excluding carboxylic acids is 1. The van der Waals surface area contributed by atoms with Crippen molar-refractivity contribution in [2.75, 3.05) is 0 Å². The smallest absolute Gasteiger partial charge is 0.220 e. The number of aromatic hydroxyl groups is 1. The molecule has 3 nitrogen and oxygen atoms in total. The summed E-state index contributed by atoms with van der Waals surface area (Å²) in [5.41, 5.74) is 3.29. The molecule has 0 bridgehead atoms. The molecule has 1 amide bonds. The van der Waals surface area contributed by atoms with E-state index in [-0.39, 0.29) is 11.7 Å². The normalized spacial score (nSPS) is 10.2. The van der Waals surface area contributed by atoms with Gasteiger partial charge in [-0.25, -0.2) is 0 Å². The Bertz CT molecular complexity index is 542. The molecule has 0 aromatic heterocycles. The van der Waals surface area contributed by atoms with Crippen molar-refractivity contribution in [3.63, 3.8) is 0 Å². The number of hydrogen-bond donors (Lipinski definition) is 2. The van der Waals surface area contributed by atoms with E-state index in [1.807, 2.05) is 31.2 Å². The van der Waals surface area contributed by atoms with Crippen LogP contribution in [0.15, 0.2) is 48.5 Å². The fourth-order valence-corrected chi connectivity index (χ4v) is 2.08. The lowest BCUT2D eigenvalue weighted by atomic mass is 10.1. The van der Waals surface area contributed by atoms with Crippen LogP contribution in [0.3, 0.4) is 0 Å². The molecule has 2 aromatic carbocycles. The SMILES string of the molecule is Cc1cccc(CCC(=O)NCc2cccc(O)c2)c1. The van der Waals surface area contributed by atoms with Crippen molar-refractivity contribution in [1.82, 2.24) is 5.32 Å². The minimum Gasteiger partial charge on any atom is -0.508 e. The van der Waals surface area contributed by atoms with Gasteiger partial charge < -0.3 is 10.4 Å². The van der Waals surface area contributed by atoms with Crippen LogP contribution in [0.1, 0.15) is 23.1 Å². The Hall–Kier alpha value is -2.29. The topological polar surface area (TPSA) is 49.3 Å². The van der Waals surface area contributed by atoms with E-state index in [0.717, 1.165) is 12.0 Å². The second-order valence-electron chi connectivity index (χ2n) is 4.94. The molecule has 2 rings (SSSR count). The van der Waals surface area contributed by atoms with Crippen molar-refractivity contribution in [2.45, 2.75) is 26.3 Å². The van der Waals surface area contributed by atoms with Crippen LogP contribution in [0.2, 0.25) is 0 Å². The minimum atomic E-state index is 0.0230. The monoisotopic (exact) mass is 269 g/mol. The summed E-state index contributed by atoms with van der Waals surface area (Å²) in [5, 5.41) is 12.2. The van der Waals surface area contributed by atoms with Gasteiger partial charge in [-0.05, 0) is 36.6 Å². The Kier molecular flexibility index (Phi) is 4.77. The molecule has 0 radical (unpaired) electrons. The standard InChI is InChI=1S/C17H19NO2/c1-13-4-2-5-14(10-13)8-9-17(20)18-12-15-6-3-7-16(19)11-15/h2-7,10-11,19H,8-9,12H2,1H3,(H,18,20). The number of amides is 1. The van der Waals surface area contributed by atoms with Crippen LogP contribution in [0.4, 0.5) is 0 Å². The number of rotatable bonds is 5. The first-order chi connectivity index (χ1) is 9.63. The average molecular weight is 269 g/mol. The molecule has 0 heterocycles. The first-order valence-electron chi connectivity index (χ1n) is 6.73. The Morgan fingerprint density at radius 3 is 2.60 bits per heavy atom. The summed E-state index contributed by atoms with van der Waals surface area (Å²) in [7, 11) is 0. The molecule has 0 aliphatic heterocycles. The van der Waals surface area contributed by atoms with Crippen molar-refractivity contribution in [1.29, 1.82) is 0 Å². The lowest BCUT2D eigenvalue weighted by Gasteiger charge is -2.06. The highest BCUT2D eigenvalue weighted by Crippen LogP contribution is 2.10. The first kappa shape index (κ1) is 14.1. The van der Waals surface area contributed by atoms with Crippen molar-refractivity contribution >= 4 is 5.91 Å². The maximum Gasteiger partial charge on any atom is 0.220 e. The highest BCUT2D eigenvalue weighted by atomic mass is 16.3. The Morgan fingerprint density at radius 2 is 1.85 bits per heavy atom. The van der Waals surface area contributed by atoms with Crippen molar-refractivity contribution in [3.8, 4) is 5.75 Å². The minimum absolute atomic E-state index is 0.0230. The number of hydrogen-bond acceptors (Lipinski definition) is 2. The van der Waals surface area contributed by atoms with Gasteiger partial charge in [0.05, 0.1) is 0 Å². The number of phenolic OH excluding ortho intramolecular Hbond substituents is 1. The number of nitrogens with one attached hydrogen (secondary N) is 1. The third kappa shape index (κ3) is 4.43. The Balaban J connectivity index is 1.78. The largest absolute Gasteiger partial charge is 0.508 e. The summed E-state index contributed by atoms with van der Waals surface area (Å²) >= 11 is 0. The lowest BCUT2D eigenvalue weighted by Crippen LogP contribution is -2.22. The molecule has 3 heteroatoms. The Labute approximate surface area is 119 Å². The van der Waals surface area contributed by atoms with Crippen LogP contribution in [0.25, 0.3) is 0 Å². The van der Waals surface area contributed by atoms with Crippen LogP contribution >= 0.6 is 0 Å². The molecule has 0 fully saturated rings. The van der Waals surface area contributed by atoms with Gasteiger partial charge in [0, 0.05) is 13.0 Å². The molecule has 0 aliphatic rings. The number of carbonyl (C=O) groups is 1. The number of benzene rings is 2. The van der Waals surface area contributed by atoms with Crippen LogP contribution in [-0.2, 0) is 17.8 Å². The van der Waals surface area contributed by atoms with E-state index < -0.39 is 0 Å². The van der Waals surface area contributed by atoms with Gasteiger partial charge in [0.25, 0.3) is 0 Å². The van der Waals surface area contributed by atoms with Gasteiger partial charge in [0.1, 0.15) is 5.75 Å². The Morgan fingerprint density at radius 1 is 1.10 bits per heavy atom. The molecule has 0 saturated carbocycles. The lowest BCUT2D eigenvalue weighted by molar-refractivity contribution is -0.121. The molecule has 0 atom stereocenters. The van der Waals surface area contributed by atoms with Crippen LogP contribution in [0.5, 0.6) is 5.75 Å². The van der Waals surface area contributed by atoms with Gasteiger partial charge in [-0.2, -0.15) is 0 Å². The summed E-state index contributed by atoms with van der Waals surface area (Å²) in [5.74, 6) is 0.242. The molecule has 2 N–H and O–H groups in total. The third-order valence-corrected chi connectivity index (χ3v) is 3.12. The van der Waals surface area contributed by atoms with E-state index in [4.69, 9.17) is 0 Å². The van der Waals surface area contributed by atoms with E-state index in [1.165, 1.54) is 11.1 Å². The quantitative estimate of drug-likeness (QED) is 0.876. The van der Waals surface area contributed by atoms with E-state index >= 15 is 0 Å². The highest BCUT2D eigenvalue weighted by molar-refractivity contribution is 5.76. The molecule has 2 aromatic rings. The molecule has 0 unspecified atom stereocenters. The summed E-state index contributed by atoms with van der Waals surface area (Å²) in [6.45, 7) is 2.49. The van der Waals surface area contributed by atoms with Crippen LogP contribution < -0.4 is 5.32 Å². The average Bonchev–Trinajstić information content (AvgIpc) is 2.43. The van der Waals surface area contributed by atoms with Gasteiger partial charge >= 0.3 is 0 Å². The van der Waals surface area contributed by atoms with Crippen molar-refractivity contribution in [2.24, 2.45) is 0 Å². The van der Waals surface area contributed by atoms with Gasteiger partial charge in [0.2, 0.25) is 5.91 Å². The number of aryl methyl sites for hydroxylation is 2. The zero-order valence-corrected chi connectivity index (χ0v) is 11.6. The number of phenols is 1. The van der Waals surface area contributed by atoms with Gasteiger partial charge in [-0.1, -0.05) is 42.0 Å². The molecule has 0 spiro atoms. The second-order valence-corrected chi connectivity index (χ2v) is 4.94. The molecule has 0 saturated heterocycles. The van der Waals surface area contributed by atoms with Gasteiger partial charge in [-0.15, -0.1) is 0 Å². The summed E-state index contributed by atoms with van der Waals surface area (Å²) in [4.78, 5) is 11.8. The molecular weight excluding hydrogens is 250 g/mol. The summed E-state index contributed by atoms with van der Waals surface area (Å²) in [6.07, 6.45) is 1.22. The molecule has 104 valence electrons. The highest BCUT2D eigenvalue weighted by Gasteiger charge is 2.03. The van der Waals surface area contributed by atoms with E-state index in [2.05, 4.69) is 11.4 Å². The van der Waals surface area contributed by atoms with E-state index in [9.17, 15) is 9.90 Å². The van der Waals surface area contributed by atoms with E-state index in [1.54, 1.807) is 18.2 Å². The zero-order chi connectivity index (χ0) is 14.4. The van der Waals surface area contributed by atoms with Crippen molar-refractivity contribution < 1.29 is 9.90 Å². The molecule has 0 aliphatic carbocycles. The van der Waals surface area contributed by atoms with Crippen LogP contribution in [-0.4, -0.2) is 11.0 Å². The summed E-state index contributed by atoms with van der Waals surface area (Å²) < 4.78 is 0. The fraction of sp³-hybridized carbons (Fsp3) is 0.235. The first-order valence-corrected chi connectivity index (χ1v) is 6.73. The summed E-state index contributed by atoms with van der Waals surface area (Å²) in [6, 6.07) is 15.1. The van der Waals surface area contributed by atoms with Crippen molar-refractivity contribution in [3.05, 3.63) is 65.2 Å². The van der Waals surface area contributed by atoms with E-state index in [0.29, 0.717) is 13.0 Å². The molecular formula is C17H19NO2. The maximum atomic E-state index is 11.8. The van der Waals surface area contributed by atoms with Gasteiger partial charge in [-0.3, -0.25) is 4.79 Å². The van der Waals surface area contributed by atoms with Gasteiger partial charge in [0.15, 0.2) is 0 Å². The van der Waals surface area contributed by atoms with Crippen LogP contribution in [0, 0.1) is 6.92 Å². The predicted octanol–water partition coefficient (Wildman–Crippen LogP) is 2.95. The molecule has 20 heavy (non-hydrogen) atoms. The predicted molar refractivity (Wildman–Crippen MR) is 79.5 cm³/mol. The zero-order valence-electron chi connectivity index (χ0n) is 11.6. The fourth-order valence-electron chi connectivity index (χ4n) is 2.08.